The van der Waals surface area contributed by atoms with Crippen molar-refractivity contribution in [2.75, 3.05) is 20.2 Å². The standard InChI is InChI=1S/C20H23NO2/c1-3-21(15-9-12-17-10-5-4-6-11-17)20(22)16-18-13-7-8-14-19(18)23-2/h4-14H,3,15-16H2,1-2H3. The van der Waals surface area contributed by atoms with Crippen LogP contribution in [0.1, 0.15) is 18.1 Å². The molecule has 0 saturated carbocycles. The quantitative estimate of drug-likeness (QED) is 0.778. The lowest BCUT2D eigenvalue weighted by molar-refractivity contribution is -0.129. The molecule has 2 aromatic carbocycles. The normalized spacial score (nSPS) is 10.7. The van der Waals surface area contributed by atoms with E-state index in [1.165, 1.54) is 0 Å². The highest BCUT2D eigenvalue weighted by atomic mass is 16.5. The van der Waals surface area contributed by atoms with Crippen LogP contribution in [0.5, 0.6) is 5.75 Å². The molecule has 0 atom stereocenters. The summed E-state index contributed by atoms with van der Waals surface area (Å²) in [6.07, 6.45) is 4.43. The second-order valence-electron chi connectivity index (χ2n) is 5.23. The number of methoxy groups -OCH3 is 1. The molecule has 0 bridgehead atoms. The fraction of sp³-hybridized carbons (Fsp3) is 0.250. The molecule has 0 unspecified atom stereocenters. The molecule has 120 valence electrons. The molecule has 0 fully saturated rings. The summed E-state index contributed by atoms with van der Waals surface area (Å²) in [5, 5.41) is 0. The number of benzene rings is 2. The second kappa shape index (κ2) is 8.79. The van der Waals surface area contributed by atoms with Crippen LogP contribution in [0, 0.1) is 0 Å². The number of rotatable bonds is 7. The zero-order valence-electron chi connectivity index (χ0n) is 13.7. The minimum Gasteiger partial charge on any atom is -0.496 e. The molecular weight excluding hydrogens is 286 g/mol. The Morgan fingerprint density at radius 3 is 2.48 bits per heavy atom. The Bertz CT molecular complexity index is 650. The third kappa shape index (κ3) is 4.99. The number of ether oxygens (including phenoxy) is 1. The molecule has 0 aliphatic rings. The molecule has 2 aromatic rings. The van der Waals surface area contributed by atoms with Gasteiger partial charge >= 0.3 is 0 Å². The van der Waals surface area contributed by atoms with Crippen molar-refractivity contribution >= 4 is 12.0 Å². The van der Waals surface area contributed by atoms with Gasteiger partial charge in [-0.2, -0.15) is 0 Å². The molecule has 0 aliphatic heterocycles. The molecule has 2 rings (SSSR count). The highest BCUT2D eigenvalue weighted by Gasteiger charge is 2.13. The number of likely N-dealkylation sites (N-methyl/N-ethyl adjacent to an activating group) is 1. The van der Waals surface area contributed by atoms with E-state index < -0.39 is 0 Å². The van der Waals surface area contributed by atoms with Gasteiger partial charge < -0.3 is 9.64 Å². The first kappa shape index (κ1) is 16.8. The van der Waals surface area contributed by atoms with Crippen LogP contribution in [-0.4, -0.2) is 31.0 Å². The van der Waals surface area contributed by atoms with E-state index in [0.717, 1.165) is 16.9 Å². The fourth-order valence-corrected chi connectivity index (χ4v) is 2.41. The zero-order valence-corrected chi connectivity index (χ0v) is 13.7. The monoisotopic (exact) mass is 309 g/mol. The smallest absolute Gasteiger partial charge is 0.227 e. The van der Waals surface area contributed by atoms with E-state index in [1.54, 1.807) is 7.11 Å². The van der Waals surface area contributed by atoms with Gasteiger partial charge in [0.05, 0.1) is 13.5 Å². The first-order valence-electron chi connectivity index (χ1n) is 7.86. The summed E-state index contributed by atoms with van der Waals surface area (Å²) in [5.74, 6) is 0.867. The molecule has 0 radical (unpaired) electrons. The Morgan fingerprint density at radius 2 is 1.78 bits per heavy atom. The number of carbonyl (C=O) groups is 1. The molecule has 3 heteroatoms. The number of hydrogen-bond acceptors (Lipinski definition) is 2. The predicted octanol–water partition coefficient (Wildman–Crippen LogP) is 3.80. The van der Waals surface area contributed by atoms with Crippen LogP contribution < -0.4 is 4.74 Å². The van der Waals surface area contributed by atoms with Crippen molar-refractivity contribution < 1.29 is 9.53 Å². The van der Waals surface area contributed by atoms with Crippen LogP contribution in [0.15, 0.2) is 60.7 Å². The van der Waals surface area contributed by atoms with Gasteiger partial charge in [0, 0.05) is 18.7 Å². The highest BCUT2D eigenvalue weighted by Crippen LogP contribution is 2.18. The number of amides is 1. The largest absolute Gasteiger partial charge is 0.496 e. The maximum Gasteiger partial charge on any atom is 0.227 e. The SMILES string of the molecule is CCN(CC=Cc1ccccc1)C(=O)Cc1ccccc1OC. The van der Waals surface area contributed by atoms with Gasteiger partial charge in [0.15, 0.2) is 0 Å². The molecule has 0 aliphatic carbocycles. The average molecular weight is 309 g/mol. The summed E-state index contributed by atoms with van der Waals surface area (Å²) in [4.78, 5) is 14.3. The van der Waals surface area contributed by atoms with Gasteiger partial charge in [-0.3, -0.25) is 4.79 Å². The second-order valence-corrected chi connectivity index (χ2v) is 5.23. The third-order valence-corrected chi connectivity index (χ3v) is 3.70. The van der Waals surface area contributed by atoms with Crippen LogP contribution in [0.4, 0.5) is 0 Å². The van der Waals surface area contributed by atoms with Gasteiger partial charge in [-0.15, -0.1) is 0 Å². The van der Waals surface area contributed by atoms with Crippen LogP contribution in [0.3, 0.4) is 0 Å². The van der Waals surface area contributed by atoms with Gasteiger partial charge in [-0.1, -0.05) is 60.7 Å². The molecule has 0 spiro atoms. The van der Waals surface area contributed by atoms with E-state index in [4.69, 9.17) is 4.74 Å². The Hall–Kier alpha value is -2.55. The van der Waals surface area contributed by atoms with Crippen molar-refractivity contribution in [1.82, 2.24) is 4.90 Å². The molecule has 3 nitrogen and oxygen atoms in total. The molecule has 1 amide bonds. The Labute approximate surface area is 138 Å². The van der Waals surface area contributed by atoms with Crippen molar-refractivity contribution in [2.45, 2.75) is 13.3 Å². The summed E-state index contributed by atoms with van der Waals surface area (Å²) in [7, 11) is 1.63. The van der Waals surface area contributed by atoms with E-state index in [2.05, 4.69) is 0 Å². The van der Waals surface area contributed by atoms with Crippen molar-refractivity contribution in [2.24, 2.45) is 0 Å². The molecule has 23 heavy (non-hydrogen) atoms. The van der Waals surface area contributed by atoms with Crippen molar-refractivity contribution in [3.8, 4) is 5.75 Å². The van der Waals surface area contributed by atoms with E-state index in [-0.39, 0.29) is 5.91 Å². The maximum absolute atomic E-state index is 12.5. The summed E-state index contributed by atoms with van der Waals surface area (Å²) in [5.41, 5.74) is 2.06. The van der Waals surface area contributed by atoms with Gasteiger partial charge in [0.2, 0.25) is 5.91 Å². The molecule has 0 N–H and O–H groups in total. The van der Waals surface area contributed by atoms with Gasteiger partial charge in [-0.25, -0.2) is 0 Å². The van der Waals surface area contributed by atoms with Gasteiger partial charge in [0.1, 0.15) is 5.75 Å². The van der Waals surface area contributed by atoms with Crippen LogP contribution in [0.2, 0.25) is 0 Å². The van der Waals surface area contributed by atoms with E-state index in [0.29, 0.717) is 19.5 Å². The van der Waals surface area contributed by atoms with Crippen molar-refractivity contribution in [3.05, 3.63) is 71.8 Å². The summed E-state index contributed by atoms with van der Waals surface area (Å²) in [6.45, 7) is 3.29. The topological polar surface area (TPSA) is 29.5 Å². The lowest BCUT2D eigenvalue weighted by atomic mass is 10.1. The average Bonchev–Trinajstić information content (AvgIpc) is 2.60. The van der Waals surface area contributed by atoms with Crippen molar-refractivity contribution in [3.63, 3.8) is 0 Å². The number of hydrogen-bond donors (Lipinski definition) is 0. The van der Waals surface area contributed by atoms with Crippen LogP contribution in [-0.2, 0) is 11.2 Å². The van der Waals surface area contributed by atoms with E-state index >= 15 is 0 Å². The van der Waals surface area contributed by atoms with Gasteiger partial charge in [-0.05, 0) is 18.6 Å². The first-order valence-corrected chi connectivity index (χ1v) is 7.86. The van der Waals surface area contributed by atoms with Crippen molar-refractivity contribution in [1.29, 1.82) is 0 Å². The van der Waals surface area contributed by atoms with E-state index in [1.807, 2.05) is 78.6 Å². The molecular formula is C20H23NO2. The Morgan fingerprint density at radius 1 is 1.09 bits per heavy atom. The third-order valence-electron chi connectivity index (χ3n) is 3.70. The van der Waals surface area contributed by atoms with E-state index in [9.17, 15) is 4.79 Å². The van der Waals surface area contributed by atoms with Gasteiger partial charge in [0.25, 0.3) is 0 Å². The maximum atomic E-state index is 12.5. The lowest BCUT2D eigenvalue weighted by Gasteiger charge is -2.19. The molecule has 0 saturated heterocycles. The molecule has 0 aromatic heterocycles. The summed E-state index contributed by atoms with van der Waals surface area (Å²) < 4.78 is 5.31. The lowest BCUT2D eigenvalue weighted by Crippen LogP contribution is -2.32. The number of nitrogens with zero attached hydrogens (tertiary/aromatic N) is 1. The first-order chi connectivity index (χ1) is 11.2. The number of para-hydroxylation sites is 1. The Kier molecular flexibility index (Phi) is 6.42. The minimum absolute atomic E-state index is 0.106. The summed E-state index contributed by atoms with van der Waals surface area (Å²) >= 11 is 0. The summed E-state index contributed by atoms with van der Waals surface area (Å²) in [6, 6.07) is 17.7. The fourth-order valence-electron chi connectivity index (χ4n) is 2.41. The van der Waals surface area contributed by atoms with Crippen LogP contribution >= 0.6 is 0 Å². The molecule has 0 heterocycles. The van der Waals surface area contributed by atoms with Crippen LogP contribution in [0.25, 0.3) is 6.08 Å². The Balaban J connectivity index is 1.97. The highest BCUT2D eigenvalue weighted by molar-refractivity contribution is 5.79. The number of carbonyl (C=O) groups excluding carboxylic acids is 1. The zero-order chi connectivity index (χ0) is 16.5. The predicted molar refractivity (Wildman–Crippen MR) is 94.4 cm³/mol. The minimum atomic E-state index is 0.106.